The topological polar surface area (TPSA) is 57.5 Å². The van der Waals surface area contributed by atoms with Crippen LogP contribution in [-0.4, -0.2) is 43.5 Å². The molecule has 18 heavy (non-hydrogen) atoms. The Labute approximate surface area is 108 Å². The van der Waals surface area contributed by atoms with E-state index < -0.39 is 0 Å². The van der Waals surface area contributed by atoms with E-state index in [-0.39, 0.29) is 5.91 Å². The van der Waals surface area contributed by atoms with Crippen LogP contribution < -0.4 is 10.6 Å². The molecule has 1 aromatic heterocycles. The van der Waals surface area contributed by atoms with Crippen molar-refractivity contribution < 1.29 is 9.21 Å². The summed E-state index contributed by atoms with van der Waals surface area (Å²) in [4.78, 5) is 13.5. The average Bonchev–Trinajstić information content (AvgIpc) is 2.91. The summed E-state index contributed by atoms with van der Waals surface area (Å²) in [6.07, 6.45) is 5.65. The zero-order valence-corrected chi connectivity index (χ0v) is 10.8. The number of rotatable bonds is 5. The van der Waals surface area contributed by atoms with Crippen LogP contribution >= 0.6 is 0 Å². The molecule has 0 unspecified atom stereocenters. The number of carbonyl (C=O) groups excluding carboxylic acids is 1. The molecule has 0 radical (unpaired) electrons. The molecule has 2 heterocycles. The van der Waals surface area contributed by atoms with Gasteiger partial charge in [-0.25, -0.2) is 0 Å². The Bertz CT molecular complexity index is 356. The van der Waals surface area contributed by atoms with Gasteiger partial charge in [-0.1, -0.05) is 0 Å². The van der Waals surface area contributed by atoms with Crippen molar-refractivity contribution in [2.24, 2.45) is 0 Å². The van der Waals surface area contributed by atoms with Gasteiger partial charge in [0, 0.05) is 38.3 Å². The lowest BCUT2D eigenvalue weighted by molar-refractivity contribution is -0.122. The van der Waals surface area contributed by atoms with E-state index in [1.54, 1.807) is 19.6 Å². The summed E-state index contributed by atoms with van der Waals surface area (Å²) in [7, 11) is 1.68. The molecule has 1 aromatic rings. The molecule has 1 aliphatic rings. The van der Waals surface area contributed by atoms with Crippen molar-refractivity contribution in [2.75, 3.05) is 26.7 Å². The second-order valence-corrected chi connectivity index (χ2v) is 4.74. The van der Waals surface area contributed by atoms with E-state index in [1.807, 2.05) is 6.07 Å². The number of piperidine rings is 1. The van der Waals surface area contributed by atoms with Crippen molar-refractivity contribution in [3.05, 3.63) is 24.2 Å². The third kappa shape index (κ3) is 3.85. The summed E-state index contributed by atoms with van der Waals surface area (Å²) in [6, 6.07) is 2.52. The van der Waals surface area contributed by atoms with E-state index in [0.29, 0.717) is 12.6 Å². The number of hydrogen-bond donors (Lipinski definition) is 2. The SMILES string of the molecule is CNC(=O)CN1CCC(NCc2ccoc2)CC1. The minimum Gasteiger partial charge on any atom is -0.472 e. The van der Waals surface area contributed by atoms with Crippen LogP contribution in [0.2, 0.25) is 0 Å². The molecule has 0 spiro atoms. The number of hydrogen-bond acceptors (Lipinski definition) is 4. The van der Waals surface area contributed by atoms with Gasteiger partial charge in [0.2, 0.25) is 5.91 Å². The van der Waals surface area contributed by atoms with E-state index in [9.17, 15) is 4.79 Å². The maximum absolute atomic E-state index is 11.3. The molecule has 0 atom stereocenters. The Morgan fingerprint density at radius 3 is 2.89 bits per heavy atom. The first-order valence-electron chi connectivity index (χ1n) is 6.45. The van der Waals surface area contributed by atoms with Crippen LogP contribution in [0.5, 0.6) is 0 Å². The standard InChI is InChI=1S/C13H21N3O2/c1-14-13(17)9-16-5-2-12(3-6-16)15-8-11-4-7-18-10-11/h4,7,10,12,15H,2-3,5-6,8-9H2,1H3,(H,14,17). The maximum Gasteiger partial charge on any atom is 0.233 e. The monoisotopic (exact) mass is 251 g/mol. The Balaban J connectivity index is 1.65. The number of amides is 1. The van der Waals surface area contributed by atoms with Gasteiger partial charge >= 0.3 is 0 Å². The smallest absolute Gasteiger partial charge is 0.233 e. The Kier molecular flexibility index (Phi) is 4.78. The lowest BCUT2D eigenvalue weighted by Crippen LogP contribution is -2.45. The number of nitrogens with one attached hydrogen (secondary N) is 2. The minimum atomic E-state index is 0.0970. The van der Waals surface area contributed by atoms with Crippen molar-refractivity contribution in [3.8, 4) is 0 Å². The highest BCUT2D eigenvalue weighted by atomic mass is 16.3. The second kappa shape index (κ2) is 6.56. The maximum atomic E-state index is 11.3. The van der Waals surface area contributed by atoms with Gasteiger partial charge in [-0.3, -0.25) is 9.69 Å². The summed E-state index contributed by atoms with van der Waals surface area (Å²) < 4.78 is 5.03. The minimum absolute atomic E-state index is 0.0970. The first-order valence-corrected chi connectivity index (χ1v) is 6.45. The largest absolute Gasteiger partial charge is 0.472 e. The van der Waals surface area contributed by atoms with Gasteiger partial charge in [-0.05, 0) is 18.9 Å². The molecule has 0 saturated carbocycles. The van der Waals surface area contributed by atoms with Crippen molar-refractivity contribution in [1.82, 2.24) is 15.5 Å². The third-order valence-electron chi connectivity index (χ3n) is 3.41. The first-order chi connectivity index (χ1) is 8.78. The molecule has 5 heteroatoms. The van der Waals surface area contributed by atoms with Crippen LogP contribution in [0.25, 0.3) is 0 Å². The zero-order chi connectivity index (χ0) is 12.8. The van der Waals surface area contributed by atoms with Gasteiger partial charge in [-0.2, -0.15) is 0 Å². The van der Waals surface area contributed by atoms with Crippen LogP contribution in [0.3, 0.4) is 0 Å². The fourth-order valence-corrected chi connectivity index (χ4v) is 2.23. The van der Waals surface area contributed by atoms with Crippen molar-refractivity contribution in [2.45, 2.75) is 25.4 Å². The van der Waals surface area contributed by atoms with E-state index in [4.69, 9.17) is 4.42 Å². The number of likely N-dealkylation sites (tertiary alicyclic amines) is 1. The first kappa shape index (κ1) is 13.1. The fraction of sp³-hybridized carbons (Fsp3) is 0.615. The molecular formula is C13H21N3O2. The lowest BCUT2D eigenvalue weighted by atomic mass is 10.0. The van der Waals surface area contributed by atoms with Gasteiger partial charge in [0.25, 0.3) is 0 Å². The van der Waals surface area contributed by atoms with Crippen LogP contribution in [0.1, 0.15) is 18.4 Å². The molecule has 0 aromatic carbocycles. The van der Waals surface area contributed by atoms with Crippen molar-refractivity contribution in [1.29, 1.82) is 0 Å². The van der Waals surface area contributed by atoms with Crippen molar-refractivity contribution >= 4 is 5.91 Å². The van der Waals surface area contributed by atoms with E-state index in [2.05, 4.69) is 15.5 Å². The van der Waals surface area contributed by atoms with Crippen molar-refractivity contribution in [3.63, 3.8) is 0 Å². The van der Waals surface area contributed by atoms with E-state index in [0.717, 1.165) is 32.5 Å². The molecule has 0 aliphatic carbocycles. The van der Waals surface area contributed by atoms with Gasteiger partial charge in [-0.15, -0.1) is 0 Å². The summed E-state index contributed by atoms with van der Waals surface area (Å²) in [5.41, 5.74) is 1.18. The number of nitrogens with zero attached hydrogens (tertiary/aromatic N) is 1. The number of likely N-dealkylation sites (N-methyl/N-ethyl adjacent to an activating group) is 1. The number of carbonyl (C=O) groups is 1. The quantitative estimate of drug-likeness (QED) is 0.804. The van der Waals surface area contributed by atoms with Gasteiger partial charge < -0.3 is 15.1 Å². The Morgan fingerprint density at radius 2 is 2.28 bits per heavy atom. The average molecular weight is 251 g/mol. The highest BCUT2D eigenvalue weighted by molar-refractivity contribution is 5.77. The summed E-state index contributed by atoms with van der Waals surface area (Å²) >= 11 is 0. The highest BCUT2D eigenvalue weighted by Crippen LogP contribution is 2.11. The molecule has 0 bridgehead atoms. The van der Waals surface area contributed by atoms with E-state index >= 15 is 0 Å². The van der Waals surface area contributed by atoms with E-state index in [1.165, 1.54) is 5.56 Å². The molecule has 1 amide bonds. The molecule has 100 valence electrons. The molecule has 2 N–H and O–H groups in total. The molecule has 1 aliphatic heterocycles. The predicted octanol–water partition coefficient (Wildman–Crippen LogP) is 0.580. The van der Waals surface area contributed by atoms with Crippen LogP contribution in [-0.2, 0) is 11.3 Å². The second-order valence-electron chi connectivity index (χ2n) is 4.74. The van der Waals surface area contributed by atoms with Gasteiger partial charge in [0.1, 0.15) is 0 Å². The molecule has 1 saturated heterocycles. The van der Waals surface area contributed by atoms with Crippen LogP contribution in [0.15, 0.2) is 23.0 Å². The highest BCUT2D eigenvalue weighted by Gasteiger charge is 2.19. The lowest BCUT2D eigenvalue weighted by Gasteiger charge is -2.31. The van der Waals surface area contributed by atoms with Gasteiger partial charge in [0.15, 0.2) is 0 Å². The van der Waals surface area contributed by atoms with Crippen LogP contribution in [0.4, 0.5) is 0 Å². The molecule has 1 fully saturated rings. The fourth-order valence-electron chi connectivity index (χ4n) is 2.23. The Hall–Kier alpha value is -1.33. The predicted molar refractivity (Wildman–Crippen MR) is 69.1 cm³/mol. The summed E-state index contributed by atoms with van der Waals surface area (Å²) in [6.45, 7) is 3.34. The molecule has 5 nitrogen and oxygen atoms in total. The normalized spacial score (nSPS) is 17.8. The summed E-state index contributed by atoms with van der Waals surface area (Å²) in [5, 5.41) is 6.19. The summed E-state index contributed by atoms with van der Waals surface area (Å²) in [5.74, 6) is 0.0970. The third-order valence-corrected chi connectivity index (χ3v) is 3.41. The molecule has 2 rings (SSSR count). The molecular weight excluding hydrogens is 230 g/mol. The van der Waals surface area contributed by atoms with Gasteiger partial charge in [0.05, 0.1) is 19.1 Å². The van der Waals surface area contributed by atoms with Crippen LogP contribution in [0, 0.1) is 0 Å². The number of furan rings is 1. The Morgan fingerprint density at radius 1 is 1.50 bits per heavy atom. The zero-order valence-electron chi connectivity index (χ0n) is 10.8.